The number of hydrogen-bond acceptors (Lipinski definition) is 3. The maximum Gasteiger partial charge on any atom is 2.00 e. The average molecular weight is 359 g/mol. The quantitative estimate of drug-likeness (QED) is 0.822. The van der Waals surface area contributed by atoms with E-state index in [1.807, 2.05) is 24.4 Å². The Balaban J connectivity index is 0.00000200. The number of carboxylic acid groups (broad SMARTS) is 1. The zero-order valence-corrected chi connectivity index (χ0v) is 13.1. The van der Waals surface area contributed by atoms with E-state index in [2.05, 4.69) is 23.0 Å². The standard InChI is InChI=1S/C15H18N2O2.Ru/c1-15(7-4-6-14(18)19)8-10-17-13(11-15)12-5-2-3-9-16-12;/h2-3,5,8-10H,4,6-7,11H2,1H3,(H,18,19);/q;+2. The van der Waals surface area contributed by atoms with Gasteiger partial charge in [0.15, 0.2) is 0 Å². The van der Waals surface area contributed by atoms with Crippen LogP contribution in [0.1, 0.15) is 38.3 Å². The van der Waals surface area contributed by atoms with E-state index in [9.17, 15) is 4.79 Å². The maximum absolute atomic E-state index is 10.6. The molecule has 0 radical (unpaired) electrons. The van der Waals surface area contributed by atoms with Gasteiger partial charge in [0, 0.05) is 25.2 Å². The Hall–Kier alpha value is -1.35. The molecule has 1 atom stereocenters. The largest absolute Gasteiger partial charge is 2.00 e. The fourth-order valence-corrected chi connectivity index (χ4v) is 2.30. The summed E-state index contributed by atoms with van der Waals surface area (Å²) in [7, 11) is 0. The molecule has 1 aliphatic rings. The first-order valence-corrected chi connectivity index (χ1v) is 6.47. The van der Waals surface area contributed by atoms with Gasteiger partial charge in [-0.2, -0.15) is 0 Å². The van der Waals surface area contributed by atoms with Gasteiger partial charge in [0.25, 0.3) is 0 Å². The summed E-state index contributed by atoms with van der Waals surface area (Å²) < 4.78 is 0. The van der Waals surface area contributed by atoms with Crippen LogP contribution in [0.4, 0.5) is 0 Å². The van der Waals surface area contributed by atoms with Crippen LogP contribution in [-0.2, 0) is 24.3 Å². The molecule has 0 bridgehead atoms. The Morgan fingerprint density at radius 2 is 2.25 bits per heavy atom. The number of aromatic nitrogens is 1. The van der Waals surface area contributed by atoms with E-state index in [-0.39, 0.29) is 31.3 Å². The molecule has 1 aliphatic heterocycles. The van der Waals surface area contributed by atoms with Crippen LogP contribution in [0.25, 0.3) is 0 Å². The molecule has 0 amide bonds. The van der Waals surface area contributed by atoms with E-state index in [0.717, 1.165) is 24.2 Å². The smallest absolute Gasteiger partial charge is 0.481 e. The molecule has 0 spiro atoms. The van der Waals surface area contributed by atoms with Crippen molar-refractivity contribution in [3.63, 3.8) is 0 Å². The molecule has 0 aliphatic carbocycles. The van der Waals surface area contributed by atoms with Gasteiger partial charge in [-0.3, -0.25) is 14.8 Å². The number of aliphatic carboxylic acids is 1. The fraction of sp³-hybridized carbons (Fsp3) is 0.400. The third kappa shape index (κ3) is 4.64. The van der Waals surface area contributed by atoms with Crippen molar-refractivity contribution in [3.05, 3.63) is 42.4 Å². The van der Waals surface area contributed by atoms with Gasteiger partial charge in [0.1, 0.15) is 0 Å². The number of pyridine rings is 1. The predicted octanol–water partition coefficient (Wildman–Crippen LogP) is 3.05. The molecule has 2 heterocycles. The van der Waals surface area contributed by atoms with Gasteiger partial charge < -0.3 is 5.11 Å². The maximum atomic E-state index is 10.6. The average Bonchev–Trinajstić information content (AvgIpc) is 2.39. The summed E-state index contributed by atoms with van der Waals surface area (Å²) in [6.45, 7) is 2.14. The number of allylic oxidation sites excluding steroid dienone is 1. The molecule has 0 aromatic carbocycles. The van der Waals surface area contributed by atoms with Crippen LogP contribution in [0.15, 0.2) is 41.7 Å². The molecular weight excluding hydrogens is 341 g/mol. The summed E-state index contributed by atoms with van der Waals surface area (Å²) in [5, 5.41) is 8.71. The summed E-state index contributed by atoms with van der Waals surface area (Å²) in [5.41, 5.74) is 1.85. The van der Waals surface area contributed by atoms with E-state index in [4.69, 9.17) is 5.11 Å². The second-order valence-electron chi connectivity index (χ2n) is 5.18. The summed E-state index contributed by atoms with van der Waals surface area (Å²) in [4.78, 5) is 19.3. The van der Waals surface area contributed by atoms with E-state index in [1.54, 1.807) is 6.20 Å². The van der Waals surface area contributed by atoms with Crippen molar-refractivity contribution in [3.8, 4) is 0 Å². The van der Waals surface area contributed by atoms with Crippen molar-refractivity contribution in [2.24, 2.45) is 10.4 Å². The van der Waals surface area contributed by atoms with Crippen molar-refractivity contribution < 1.29 is 29.4 Å². The van der Waals surface area contributed by atoms with E-state index >= 15 is 0 Å². The van der Waals surface area contributed by atoms with Gasteiger partial charge >= 0.3 is 25.4 Å². The fourth-order valence-electron chi connectivity index (χ4n) is 2.30. The normalized spacial score (nSPS) is 20.9. The van der Waals surface area contributed by atoms with Crippen molar-refractivity contribution in [2.75, 3.05) is 0 Å². The first kappa shape index (κ1) is 16.7. The van der Waals surface area contributed by atoms with Crippen molar-refractivity contribution in [1.29, 1.82) is 0 Å². The van der Waals surface area contributed by atoms with E-state index < -0.39 is 5.97 Å². The molecule has 1 N–H and O–H groups in total. The minimum atomic E-state index is -0.734. The van der Waals surface area contributed by atoms with Crippen molar-refractivity contribution in [1.82, 2.24) is 4.98 Å². The molecule has 1 aromatic heterocycles. The number of hydrogen-bond donors (Lipinski definition) is 1. The van der Waals surface area contributed by atoms with Crippen LogP contribution in [0.5, 0.6) is 0 Å². The molecule has 5 heteroatoms. The topological polar surface area (TPSA) is 62.5 Å². The van der Waals surface area contributed by atoms with Gasteiger partial charge in [0.05, 0.1) is 11.4 Å². The number of carboxylic acids is 1. The summed E-state index contributed by atoms with van der Waals surface area (Å²) >= 11 is 0. The minimum absolute atomic E-state index is 0. The Labute approximate surface area is 131 Å². The van der Waals surface area contributed by atoms with Gasteiger partial charge in [-0.05, 0) is 30.4 Å². The molecule has 0 saturated heterocycles. The minimum Gasteiger partial charge on any atom is -0.481 e. The molecule has 2 rings (SSSR count). The van der Waals surface area contributed by atoms with Crippen LogP contribution in [-0.4, -0.2) is 21.8 Å². The van der Waals surface area contributed by atoms with Crippen LogP contribution < -0.4 is 0 Å². The Morgan fingerprint density at radius 3 is 2.90 bits per heavy atom. The number of aliphatic imine (C=N–C) groups is 1. The predicted molar refractivity (Wildman–Crippen MR) is 74.1 cm³/mol. The van der Waals surface area contributed by atoms with Gasteiger partial charge in [-0.1, -0.05) is 19.1 Å². The number of rotatable bonds is 5. The molecule has 1 aromatic rings. The first-order valence-electron chi connectivity index (χ1n) is 6.47. The van der Waals surface area contributed by atoms with Gasteiger partial charge in [0.2, 0.25) is 0 Å². The van der Waals surface area contributed by atoms with Crippen LogP contribution in [0, 0.1) is 5.41 Å². The van der Waals surface area contributed by atoms with E-state index in [0.29, 0.717) is 6.42 Å². The third-order valence-corrected chi connectivity index (χ3v) is 3.38. The molecule has 0 saturated carbocycles. The summed E-state index contributed by atoms with van der Waals surface area (Å²) in [5.74, 6) is -0.734. The van der Waals surface area contributed by atoms with Gasteiger partial charge in [-0.15, -0.1) is 0 Å². The van der Waals surface area contributed by atoms with Crippen molar-refractivity contribution in [2.45, 2.75) is 32.6 Å². The van der Waals surface area contributed by atoms with Crippen molar-refractivity contribution >= 4 is 11.7 Å². The van der Waals surface area contributed by atoms with Gasteiger partial charge in [-0.25, -0.2) is 0 Å². The zero-order chi connectivity index (χ0) is 13.7. The molecule has 4 nitrogen and oxygen atoms in total. The first-order chi connectivity index (χ1) is 9.09. The SMILES string of the molecule is CC1(CCCC(=O)O)C=CN=C(c2ccccn2)C1.[Ru+2]. The third-order valence-electron chi connectivity index (χ3n) is 3.38. The Kier molecular flexibility index (Phi) is 6.21. The summed E-state index contributed by atoms with van der Waals surface area (Å²) in [6.07, 6.45) is 8.21. The number of carbonyl (C=O) groups is 1. The number of nitrogens with zero attached hydrogens (tertiary/aromatic N) is 2. The molecule has 106 valence electrons. The molecular formula is C15H18N2O2Ru+2. The van der Waals surface area contributed by atoms with Crippen LogP contribution in [0.3, 0.4) is 0 Å². The summed E-state index contributed by atoms with van der Waals surface area (Å²) in [6, 6.07) is 5.79. The zero-order valence-electron chi connectivity index (χ0n) is 11.4. The molecule has 0 fully saturated rings. The molecule has 1 unspecified atom stereocenters. The Morgan fingerprint density at radius 1 is 1.45 bits per heavy atom. The molecule has 20 heavy (non-hydrogen) atoms. The second-order valence-corrected chi connectivity index (χ2v) is 5.18. The van der Waals surface area contributed by atoms with Crippen LogP contribution in [0.2, 0.25) is 0 Å². The Bertz CT molecular complexity index is 514. The second kappa shape index (κ2) is 7.44. The van der Waals surface area contributed by atoms with Crippen LogP contribution >= 0.6 is 0 Å². The monoisotopic (exact) mass is 360 g/mol. The van der Waals surface area contributed by atoms with E-state index in [1.165, 1.54) is 0 Å².